The fourth-order valence-corrected chi connectivity index (χ4v) is 2.55. The van der Waals surface area contributed by atoms with Crippen LogP contribution in [0.5, 0.6) is 0 Å². The van der Waals surface area contributed by atoms with Crippen molar-refractivity contribution in [1.82, 2.24) is 0 Å². The summed E-state index contributed by atoms with van der Waals surface area (Å²) in [5.41, 5.74) is 0.914. The van der Waals surface area contributed by atoms with Gasteiger partial charge >= 0.3 is 5.97 Å². The second kappa shape index (κ2) is 10.7. The van der Waals surface area contributed by atoms with Crippen LogP contribution in [0.4, 0.5) is 0 Å². The number of rotatable bonds is 12. The maximum atomic E-state index is 10.5. The summed E-state index contributed by atoms with van der Waals surface area (Å²) in [6.45, 7) is 2.24. The van der Waals surface area contributed by atoms with Gasteiger partial charge in [-0.2, -0.15) is 0 Å². The number of carboxylic acids is 1. The number of nitrogens with zero attached hydrogens (tertiary/aromatic N) is 1. The van der Waals surface area contributed by atoms with Crippen LogP contribution in [0.25, 0.3) is 0 Å². The van der Waals surface area contributed by atoms with Crippen molar-refractivity contribution in [1.29, 1.82) is 0 Å². The summed E-state index contributed by atoms with van der Waals surface area (Å²) in [6, 6.07) is 0. The normalized spacial score (nSPS) is 17.9. The Morgan fingerprint density at radius 3 is 2.50 bits per heavy atom. The fourth-order valence-electron chi connectivity index (χ4n) is 2.55. The molecule has 0 radical (unpaired) electrons. The average molecular weight is 283 g/mol. The fraction of sp³-hybridized carbons (Fsp3) is 0.875. The lowest BCUT2D eigenvalue weighted by atomic mass is 10.0. The van der Waals surface area contributed by atoms with E-state index in [9.17, 15) is 4.79 Å². The third-order valence-electron chi connectivity index (χ3n) is 3.80. The summed E-state index contributed by atoms with van der Waals surface area (Å²) in [7, 11) is 0. The van der Waals surface area contributed by atoms with Gasteiger partial charge < -0.3 is 9.94 Å². The van der Waals surface area contributed by atoms with Gasteiger partial charge in [-0.25, -0.2) is 0 Å². The van der Waals surface area contributed by atoms with E-state index >= 15 is 0 Å². The van der Waals surface area contributed by atoms with E-state index < -0.39 is 5.97 Å². The molecule has 0 saturated heterocycles. The summed E-state index contributed by atoms with van der Waals surface area (Å²) in [5, 5.41) is 12.6. The van der Waals surface area contributed by atoms with Gasteiger partial charge in [0.25, 0.3) is 0 Å². The molecule has 1 heterocycles. The minimum Gasteiger partial charge on any atom is -0.481 e. The van der Waals surface area contributed by atoms with E-state index in [-0.39, 0.29) is 12.5 Å². The van der Waals surface area contributed by atoms with Crippen molar-refractivity contribution in [3.05, 3.63) is 0 Å². The molecule has 1 aliphatic heterocycles. The van der Waals surface area contributed by atoms with E-state index in [1.807, 2.05) is 0 Å². The van der Waals surface area contributed by atoms with Gasteiger partial charge in [0.05, 0.1) is 12.1 Å². The molecule has 20 heavy (non-hydrogen) atoms. The zero-order valence-electron chi connectivity index (χ0n) is 12.8. The summed E-state index contributed by atoms with van der Waals surface area (Å²) < 4.78 is 0. The molecular formula is C16H29NO3. The molecule has 1 atom stereocenters. The molecule has 116 valence electrons. The highest BCUT2D eigenvalue weighted by molar-refractivity contribution is 5.87. The van der Waals surface area contributed by atoms with Crippen molar-refractivity contribution in [2.75, 3.05) is 0 Å². The molecule has 4 heteroatoms. The van der Waals surface area contributed by atoms with E-state index in [2.05, 4.69) is 12.1 Å². The van der Waals surface area contributed by atoms with Gasteiger partial charge in [-0.05, 0) is 19.3 Å². The van der Waals surface area contributed by atoms with Crippen LogP contribution >= 0.6 is 0 Å². The van der Waals surface area contributed by atoms with Crippen molar-refractivity contribution >= 4 is 11.7 Å². The van der Waals surface area contributed by atoms with E-state index in [1.54, 1.807) is 0 Å². The molecular weight excluding hydrogens is 254 g/mol. The van der Waals surface area contributed by atoms with Gasteiger partial charge in [0.2, 0.25) is 0 Å². The molecule has 0 aliphatic carbocycles. The van der Waals surface area contributed by atoms with Gasteiger partial charge in [-0.15, -0.1) is 0 Å². The largest absolute Gasteiger partial charge is 0.481 e. The predicted octanol–water partition coefficient (Wildman–Crippen LogP) is 4.53. The molecule has 0 spiro atoms. The van der Waals surface area contributed by atoms with Crippen molar-refractivity contribution in [3.63, 3.8) is 0 Å². The Morgan fingerprint density at radius 2 is 1.85 bits per heavy atom. The minimum absolute atomic E-state index is 0.159. The molecule has 1 aliphatic rings. The van der Waals surface area contributed by atoms with Gasteiger partial charge in [-0.1, -0.05) is 57.0 Å². The number of carbonyl (C=O) groups is 1. The highest BCUT2D eigenvalue weighted by Gasteiger charge is 2.20. The van der Waals surface area contributed by atoms with Crippen molar-refractivity contribution in [2.24, 2.45) is 5.16 Å². The van der Waals surface area contributed by atoms with Crippen LogP contribution in [0.1, 0.15) is 84.0 Å². The van der Waals surface area contributed by atoms with Crippen LogP contribution in [0.15, 0.2) is 5.16 Å². The predicted molar refractivity (Wildman–Crippen MR) is 81.0 cm³/mol. The first-order valence-electron chi connectivity index (χ1n) is 8.15. The molecule has 1 rings (SSSR count). The van der Waals surface area contributed by atoms with E-state index in [4.69, 9.17) is 9.94 Å². The molecule has 0 aromatic rings. The van der Waals surface area contributed by atoms with Gasteiger partial charge in [0, 0.05) is 6.42 Å². The summed E-state index contributed by atoms with van der Waals surface area (Å²) in [6.07, 6.45) is 13.3. The lowest BCUT2D eigenvalue weighted by Gasteiger charge is -2.07. The summed E-state index contributed by atoms with van der Waals surface area (Å²) in [5.74, 6) is -0.765. The minimum atomic E-state index is -0.765. The third kappa shape index (κ3) is 8.18. The highest BCUT2D eigenvalue weighted by Crippen LogP contribution is 2.20. The zero-order chi connectivity index (χ0) is 14.6. The Bertz CT molecular complexity index is 302. The summed E-state index contributed by atoms with van der Waals surface area (Å²) in [4.78, 5) is 15.8. The quantitative estimate of drug-likeness (QED) is 0.535. The Morgan fingerprint density at radius 1 is 1.20 bits per heavy atom. The topological polar surface area (TPSA) is 58.9 Å². The molecule has 4 nitrogen and oxygen atoms in total. The van der Waals surface area contributed by atoms with Crippen LogP contribution in [-0.2, 0) is 9.63 Å². The maximum Gasteiger partial charge on any atom is 0.303 e. The summed E-state index contributed by atoms with van der Waals surface area (Å²) >= 11 is 0. The van der Waals surface area contributed by atoms with Crippen LogP contribution in [0, 0.1) is 0 Å². The number of carboxylic acid groups (broad SMARTS) is 1. The molecule has 0 bridgehead atoms. The second-order valence-electron chi connectivity index (χ2n) is 5.75. The Kier molecular flexibility index (Phi) is 9.09. The van der Waals surface area contributed by atoms with E-state index in [1.165, 1.54) is 51.4 Å². The SMILES string of the molecule is CCCCCCCCCCC1CC(CCC(=O)O)=NO1. The van der Waals surface area contributed by atoms with Crippen molar-refractivity contribution in [2.45, 2.75) is 90.1 Å². The smallest absolute Gasteiger partial charge is 0.303 e. The molecule has 0 saturated carbocycles. The third-order valence-corrected chi connectivity index (χ3v) is 3.80. The maximum absolute atomic E-state index is 10.5. The van der Waals surface area contributed by atoms with E-state index in [0.717, 1.165) is 18.6 Å². The Balaban J connectivity index is 1.91. The lowest BCUT2D eigenvalue weighted by molar-refractivity contribution is -0.136. The number of hydrogen-bond donors (Lipinski definition) is 1. The van der Waals surface area contributed by atoms with Crippen LogP contribution in [-0.4, -0.2) is 22.9 Å². The molecule has 0 amide bonds. The molecule has 1 N–H and O–H groups in total. The van der Waals surface area contributed by atoms with Crippen molar-refractivity contribution in [3.8, 4) is 0 Å². The first kappa shape index (κ1) is 17.0. The standard InChI is InChI=1S/C16H29NO3/c1-2-3-4-5-6-7-8-9-10-15-13-14(17-20-15)11-12-16(18)19/h15H,2-13H2,1H3,(H,18,19). The highest BCUT2D eigenvalue weighted by atomic mass is 16.6. The van der Waals surface area contributed by atoms with Crippen LogP contribution < -0.4 is 0 Å². The first-order valence-corrected chi connectivity index (χ1v) is 8.15. The van der Waals surface area contributed by atoms with Crippen LogP contribution in [0.3, 0.4) is 0 Å². The zero-order valence-corrected chi connectivity index (χ0v) is 12.8. The second-order valence-corrected chi connectivity index (χ2v) is 5.75. The van der Waals surface area contributed by atoms with Crippen LogP contribution in [0.2, 0.25) is 0 Å². The Hall–Kier alpha value is -1.06. The number of hydrogen-bond acceptors (Lipinski definition) is 3. The molecule has 0 aromatic heterocycles. The molecule has 0 aromatic carbocycles. The monoisotopic (exact) mass is 283 g/mol. The molecule has 0 fully saturated rings. The molecule has 1 unspecified atom stereocenters. The lowest BCUT2D eigenvalue weighted by Crippen LogP contribution is -2.08. The Labute approximate surface area is 122 Å². The average Bonchev–Trinajstić information content (AvgIpc) is 2.87. The number of unbranched alkanes of at least 4 members (excludes halogenated alkanes) is 7. The van der Waals surface area contributed by atoms with E-state index in [0.29, 0.717) is 6.42 Å². The number of aliphatic carboxylic acids is 1. The van der Waals surface area contributed by atoms with Gasteiger partial charge in [0.15, 0.2) is 0 Å². The van der Waals surface area contributed by atoms with Crippen molar-refractivity contribution < 1.29 is 14.7 Å². The number of oxime groups is 1. The first-order chi connectivity index (χ1) is 9.72. The van der Waals surface area contributed by atoms with Gasteiger partial charge in [0.1, 0.15) is 6.10 Å². The van der Waals surface area contributed by atoms with Gasteiger partial charge in [-0.3, -0.25) is 4.79 Å².